The summed E-state index contributed by atoms with van der Waals surface area (Å²) >= 11 is 0. The number of nitrogens with zero attached hydrogens (tertiary/aromatic N) is 3. The van der Waals surface area contributed by atoms with Crippen molar-refractivity contribution in [2.45, 2.75) is 11.8 Å². The molecule has 9 nitrogen and oxygen atoms in total. The molecule has 3 aromatic carbocycles. The minimum absolute atomic E-state index is 0.0920. The summed E-state index contributed by atoms with van der Waals surface area (Å²) in [5, 5.41) is 7.80. The number of benzene rings is 3. The zero-order valence-electron chi connectivity index (χ0n) is 20.0. The molecular formula is C27H23N5O4S. The molecule has 37 heavy (non-hydrogen) atoms. The van der Waals surface area contributed by atoms with Crippen LogP contribution in [0.4, 0.5) is 17.3 Å². The second kappa shape index (κ2) is 10.1. The molecule has 0 unspecified atom stereocenters. The van der Waals surface area contributed by atoms with Crippen LogP contribution in [-0.4, -0.2) is 30.7 Å². The van der Waals surface area contributed by atoms with Crippen LogP contribution in [0.3, 0.4) is 0 Å². The van der Waals surface area contributed by atoms with Crippen LogP contribution >= 0.6 is 0 Å². The summed E-state index contributed by atoms with van der Waals surface area (Å²) in [7, 11) is -2.18. The predicted molar refractivity (Wildman–Crippen MR) is 143 cm³/mol. The summed E-state index contributed by atoms with van der Waals surface area (Å²) in [5.41, 5.74) is 2.43. The number of hydrogen-bond donors (Lipinski definition) is 2. The topological polar surface area (TPSA) is 119 Å². The normalized spacial score (nSPS) is 11.6. The Hall–Kier alpha value is -4.70. The number of nitrogens with one attached hydrogen (secondary N) is 2. The summed E-state index contributed by atoms with van der Waals surface area (Å²) < 4.78 is 37.9. The molecule has 2 heterocycles. The fourth-order valence-electron chi connectivity index (χ4n) is 3.62. The number of para-hydroxylation sites is 1. The first-order chi connectivity index (χ1) is 17.9. The Balaban J connectivity index is 1.39. The third kappa shape index (κ3) is 5.60. The van der Waals surface area contributed by atoms with Crippen molar-refractivity contribution < 1.29 is 17.7 Å². The van der Waals surface area contributed by atoms with Crippen molar-refractivity contribution in [3.8, 4) is 5.75 Å². The maximum absolute atomic E-state index is 12.7. The first-order valence-corrected chi connectivity index (χ1v) is 12.8. The van der Waals surface area contributed by atoms with Crippen LogP contribution < -0.4 is 14.8 Å². The fourth-order valence-corrected chi connectivity index (χ4v) is 4.60. The van der Waals surface area contributed by atoms with Crippen molar-refractivity contribution in [3.05, 3.63) is 96.0 Å². The van der Waals surface area contributed by atoms with Crippen molar-refractivity contribution in [1.82, 2.24) is 15.1 Å². The van der Waals surface area contributed by atoms with E-state index in [1.165, 1.54) is 18.2 Å². The van der Waals surface area contributed by atoms with E-state index in [0.29, 0.717) is 23.1 Å². The summed E-state index contributed by atoms with van der Waals surface area (Å²) in [4.78, 5) is 9.43. The third-order valence-corrected chi connectivity index (χ3v) is 6.83. The SMILES string of the molecule is COc1ccc(/C=C/c2nc(Nc3ccc(S(=O)(=O)Nc4cc(C)on4)cc3)c3ccccc3n2)cc1. The second-order valence-corrected chi connectivity index (χ2v) is 9.81. The predicted octanol–water partition coefficient (Wildman–Crippen LogP) is 5.65. The molecular weight excluding hydrogens is 490 g/mol. The number of fused-ring (bicyclic) bond motifs is 1. The minimum Gasteiger partial charge on any atom is -0.497 e. The van der Waals surface area contributed by atoms with Gasteiger partial charge in [-0.1, -0.05) is 35.5 Å². The fraction of sp³-hybridized carbons (Fsp3) is 0.0741. The minimum atomic E-state index is -3.81. The Morgan fingerprint density at radius 1 is 0.919 bits per heavy atom. The van der Waals surface area contributed by atoms with Gasteiger partial charge >= 0.3 is 0 Å². The molecule has 0 aliphatic heterocycles. The number of hydrogen-bond acceptors (Lipinski definition) is 8. The zero-order chi connectivity index (χ0) is 25.8. The second-order valence-electron chi connectivity index (χ2n) is 8.13. The maximum atomic E-state index is 12.7. The molecule has 0 radical (unpaired) electrons. The lowest BCUT2D eigenvalue weighted by Crippen LogP contribution is -2.13. The van der Waals surface area contributed by atoms with Gasteiger partial charge in [-0.2, -0.15) is 0 Å². The van der Waals surface area contributed by atoms with Crippen LogP contribution in [0.25, 0.3) is 23.1 Å². The molecule has 0 atom stereocenters. The van der Waals surface area contributed by atoms with Crippen molar-refractivity contribution in [2.75, 3.05) is 17.1 Å². The molecule has 2 N–H and O–H groups in total. The highest BCUT2D eigenvalue weighted by Crippen LogP contribution is 2.26. The number of aromatic nitrogens is 3. The number of anilines is 3. The van der Waals surface area contributed by atoms with Gasteiger partial charge in [0.1, 0.15) is 17.3 Å². The highest BCUT2D eigenvalue weighted by molar-refractivity contribution is 7.92. The van der Waals surface area contributed by atoms with Gasteiger partial charge in [0, 0.05) is 17.1 Å². The molecule has 5 rings (SSSR count). The average Bonchev–Trinajstić information content (AvgIpc) is 3.31. The van der Waals surface area contributed by atoms with Crippen molar-refractivity contribution in [2.24, 2.45) is 0 Å². The number of methoxy groups -OCH3 is 1. The number of aryl methyl sites for hydroxylation is 1. The first kappa shape index (κ1) is 24.0. The number of rotatable bonds is 8. The molecule has 0 fully saturated rings. The van der Waals surface area contributed by atoms with Crippen LogP contribution in [0, 0.1) is 6.92 Å². The molecule has 0 aliphatic carbocycles. The van der Waals surface area contributed by atoms with Gasteiger partial charge in [0.2, 0.25) is 0 Å². The van der Waals surface area contributed by atoms with E-state index in [0.717, 1.165) is 22.2 Å². The van der Waals surface area contributed by atoms with Crippen LogP contribution in [0.5, 0.6) is 5.75 Å². The lowest BCUT2D eigenvalue weighted by molar-refractivity contribution is 0.400. The van der Waals surface area contributed by atoms with Crippen molar-refractivity contribution >= 4 is 50.4 Å². The van der Waals surface area contributed by atoms with Gasteiger partial charge in [0.25, 0.3) is 10.0 Å². The molecule has 10 heteroatoms. The largest absolute Gasteiger partial charge is 0.497 e. The molecule has 5 aromatic rings. The van der Waals surface area contributed by atoms with E-state index in [9.17, 15) is 8.42 Å². The Morgan fingerprint density at radius 2 is 1.68 bits per heavy atom. The molecule has 0 amide bonds. The molecule has 0 saturated carbocycles. The van der Waals surface area contributed by atoms with Crippen LogP contribution in [-0.2, 0) is 10.0 Å². The molecule has 0 aliphatic rings. The molecule has 2 aromatic heterocycles. The molecule has 186 valence electrons. The summed E-state index contributed by atoms with van der Waals surface area (Å²) in [6, 6.07) is 23.2. The van der Waals surface area contributed by atoms with Gasteiger partial charge in [-0.3, -0.25) is 4.72 Å². The summed E-state index contributed by atoms with van der Waals surface area (Å²) in [6.07, 6.45) is 3.77. The number of sulfonamides is 1. The maximum Gasteiger partial charge on any atom is 0.263 e. The van der Waals surface area contributed by atoms with E-state index in [1.807, 2.05) is 60.7 Å². The lowest BCUT2D eigenvalue weighted by Gasteiger charge is -2.11. The van der Waals surface area contributed by atoms with E-state index in [1.54, 1.807) is 26.2 Å². The summed E-state index contributed by atoms with van der Waals surface area (Å²) in [6.45, 7) is 1.68. The van der Waals surface area contributed by atoms with Gasteiger partial charge in [0.05, 0.1) is 17.5 Å². The standard InChI is InChI=1S/C27H23N5O4S/c1-18-17-26(31-36-18)32-37(33,34)22-14-10-20(11-15-22)28-27-23-5-3-4-6-24(23)29-25(30-27)16-9-19-7-12-21(35-2)13-8-19/h3-17H,1-2H3,(H,31,32)(H,28,29,30)/b16-9+. The van der Waals surface area contributed by atoms with E-state index in [2.05, 4.69) is 20.2 Å². The van der Waals surface area contributed by atoms with Crippen molar-refractivity contribution in [3.63, 3.8) is 0 Å². The van der Waals surface area contributed by atoms with Crippen LogP contribution in [0.15, 0.2) is 88.3 Å². The molecule has 0 saturated heterocycles. The average molecular weight is 514 g/mol. The highest BCUT2D eigenvalue weighted by Gasteiger charge is 2.16. The zero-order valence-corrected chi connectivity index (χ0v) is 20.9. The number of ether oxygens (including phenoxy) is 1. The van der Waals surface area contributed by atoms with E-state index in [-0.39, 0.29) is 10.7 Å². The molecule has 0 spiro atoms. The van der Waals surface area contributed by atoms with E-state index >= 15 is 0 Å². The van der Waals surface area contributed by atoms with Gasteiger partial charge in [0.15, 0.2) is 11.6 Å². The van der Waals surface area contributed by atoms with Crippen LogP contribution in [0.1, 0.15) is 17.1 Å². The monoisotopic (exact) mass is 513 g/mol. The van der Waals surface area contributed by atoms with Crippen molar-refractivity contribution in [1.29, 1.82) is 0 Å². The smallest absolute Gasteiger partial charge is 0.263 e. The lowest BCUT2D eigenvalue weighted by atomic mass is 10.2. The summed E-state index contributed by atoms with van der Waals surface area (Å²) in [5.74, 6) is 2.55. The molecule has 0 bridgehead atoms. The first-order valence-electron chi connectivity index (χ1n) is 11.3. The van der Waals surface area contributed by atoms with E-state index < -0.39 is 10.0 Å². The highest BCUT2D eigenvalue weighted by atomic mass is 32.2. The Kier molecular flexibility index (Phi) is 6.57. The quantitative estimate of drug-likeness (QED) is 0.273. The van der Waals surface area contributed by atoms with Gasteiger partial charge < -0.3 is 14.6 Å². The Labute approximate surface area is 213 Å². The van der Waals surface area contributed by atoms with Gasteiger partial charge in [-0.25, -0.2) is 18.4 Å². The van der Waals surface area contributed by atoms with Gasteiger partial charge in [-0.15, -0.1) is 0 Å². The Bertz CT molecular complexity index is 1680. The van der Waals surface area contributed by atoms with E-state index in [4.69, 9.17) is 14.2 Å². The Morgan fingerprint density at radius 3 is 2.38 bits per heavy atom. The van der Waals surface area contributed by atoms with Gasteiger partial charge in [-0.05, 0) is 67.1 Å². The van der Waals surface area contributed by atoms with Crippen LogP contribution in [0.2, 0.25) is 0 Å². The third-order valence-electron chi connectivity index (χ3n) is 5.46.